The van der Waals surface area contributed by atoms with Crippen LogP contribution in [0.25, 0.3) is 49.1 Å². The van der Waals surface area contributed by atoms with Crippen molar-refractivity contribution in [2.75, 3.05) is 7.11 Å². The van der Waals surface area contributed by atoms with Crippen LogP contribution in [-0.4, -0.2) is 26.6 Å². The van der Waals surface area contributed by atoms with Crippen molar-refractivity contribution in [1.82, 2.24) is 14.4 Å². The molecule has 0 aliphatic rings. The Kier molecular flexibility index (Phi) is 2.49. The fourth-order valence-electron chi connectivity index (χ4n) is 4.17. The number of nitrogens with one attached hydrogen (secondary N) is 1. The number of nitrogens with zero attached hydrogens (tertiary/aromatic N) is 2. The van der Waals surface area contributed by atoms with E-state index in [0.717, 1.165) is 44.0 Å². The molecule has 0 aliphatic carbocycles. The van der Waals surface area contributed by atoms with E-state index in [1.165, 1.54) is 0 Å². The SMILES string of the molecule is COc1ccc2c(c1)cc1c3nc4ccccc4c3c3c(=O)[nH]c(O)c3n21. The highest BCUT2D eigenvalue weighted by Crippen LogP contribution is 2.39. The summed E-state index contributed by atoms with van der Waals surface area (Å²) in [6.07, 6.45) is 0. The summed E-state index contributed by atoms with van der Waals surface area (Å²) >= 11 is 0. The average Bonchev–Trinajstić information content (AvgIpc) is 3.32. The minimum atomic E-state index is -0.317. The Labute approximate surface area is 151 Å². The van der Waals surface area contributed by atoms with Crippen molar-refractivity contribution in [3.63, 3.8) is 0 Å². The number of rotatable bonds is 1. The number of methoxy groups -OCH3 is 1. The van der Waals surface area contributed by atoms with Crippen molar-refractivity contribution >= 4 is 49.1 Å². The molecule has 0 fully saturated rings. The second-order valence-electron chi connectivity index (χ2n) is 6.67. The Morgan fingerprint density at radius 3 is 2.78 bits per heavy atom. The number of para-hydroxylation sites is 1. The highest BCUT2D eigenvalue weighted by molar-refractivity contribution is 6.25. The van der Waals surface area contributed by atoms with E-state index < -0.39 is 0 Å². The quantitative estimate of drug-likeness (QED) is 0.470. The van der Waals surface area contributed by atoms with Gasteiger partial charge in [-0.3, -0.25) is 9.78 Å². The van der Waals surface area contributed by atoms with Gasteiger partial charge < -0.3 is 14.2 Å². The van der Waals surface area contributed by atoms with Gasteiger partial charge in [-0.25, -0.2) is 4.98 Å². The standard InChI is InChI=1S/C21H13N3O3/c1-27-11-6-7-14-10(8-11)9-15-18-16(12-4-2-3-5-13(12)22-18)17-19(24(14)15)21(26)23-20(17)25/h2-9,26H,1H3,(H,23,25). The largest absolute Gasteiger partial charge is 0.497 e. The summed E-state index contributed by atoms with van der Waals surface area (Å²) in [6.45, 7) is 0. The molecule has 0 saturated carbocycles. The van der Waals surface area contributed by atoms with E-state index in [4.69, 9.17) is 9.72 Å². The summed E-state index contributed by atoms with van der Waals surface area (Å²) < 4.78 is 7.23. The van der Waals surface area contributed by atoms with Gasteiger partial charge in [0, 0.05) is 16.2 Å². The number of aromatic nitrogens is 3. The van der Waals surface area contributed by atoms with Gasteiger partial charge in [0.1, 0.15) is 11.3 Å². The van der Waals surface area contributed by atoms with Gasteiger partial charge in [0.15, 0.2) is 0 Å². The third-order valence-corrected chi connectivity index (χ3v) is 5.29. The van der Waals surface area contributed by atoms with Gasteiger partial charge in [-0.15, -0.1) is 0 Å². The third kappa shape index (κ3) is 1.65. The molecule has 0 radical (unpaired) electrons. The number of aromatic hydroxyl groups is 1. The summed E-state index contributed by atoms with van der Waals surface area (Å²) in [5.74, 6) is 0.606. The maximum Gasteiger partial charge on any atom is 0.261 e. The molecule has 2 N–H and O–H groups in total. The smallest absolute Gasteiger partial charge is 0.261 e. The molecule has 4 heterocycles. The topological polar surface area (TPSA) is 79.6 Å². The Balaban J connectivity index is 2.02. The molecule has 27 heavy (non-hydrogen) atoms. The number of hydrogen-bond acceptors (Lipinski definition) is 4. The summed E-state index contributed by atoms with van der Waals surface area (Å²) in [6, 6.07) is 15.5. The monoisotopic (exact) mass is 355 g/mol. The molecular formula is C21H13N3O3. The van der Waals surface area contributed by atoms with Crippen LogP contribution in [0.1, 0.15) is 0 Å². The molecule has 0 atom stereocenters. The van der Waals surface area contributed by atoms with Crippen molar-refractivity contribution < 1.29 is 9.84 Å². The first-order valence-electron chi connectivity index (χ1n) is 8.55. The second kappa shape index (κ2) is 4.67. The van der Waals surface area contributed by atoms with E-state index in [9.17, 15) is 9.90 Å². The van der Waals surface area contributed by atoms with Gasteiger partial charge >= 0.3 is 0 Å². The first kappa shape index (κ1) is 14.4. The number of benzene rings is 2. The van der Waals surface area contributed by atoms with Crippen LogP contribution < -0.4 is 10.3 Å². The van der Waals surface area contributed by atoms with Gasteiger partial charge in [0.05, 0.1) is 34.6 Å². The first-order valence-corrected chi connectivity index (χ1v) is 8.55. The van der Waals surface area contributed by atoms with Crippen LogP contribution in [0.3, 0.4) is 0 Å². The molecular weight excluding hydrogens is 342 g/mol. The van der Waals surface area contributed by atoms with Gasteiger partial charge in [0.2, 0.25) is 5.88 Å². The van der Waals surface area contributed by atoms with Crippen LogP contribution in [0, 0.1) is 0 Å². The van der Waals surface area contributed by atoms with Crippen molar-refractivity contribution in [3.8, 4) is 11.6 Å². The van der Waals surface area contributed by atoms with Gasteiger partial charge in [-0.2, -0.15) is 0 Å². The Hall–Kier alpha value is -3.80. The lowest BCUT2D eigenvalue weighted by atomic mass is 10.1. The summed E-state index contributed by atoms with van der Waals surface area (Å²) in [5, 5.41) is 13.6. The maximum atomic E-state index is 12.7. The normalized spacial score (nSPS) is 12.2. The number of ether oxygens (including phenoxy) is 1. The van der Waals surface area contributed by atoms with E-state index in [1.54, 1.807) is 7.11 Å². The highest BCUT2D eigenvalue weighted by Gasteiger charge is 2.22. The molecule has 6 heteroatoms. The number of pyridine rings is 1. The molecule has 0 spiro atoms. The number of fused-ring (bicyclic) bond motifs is 10. The molecule has 6 aromatic rings. The van der Waals surface area contributed by atoms with Crippen LogP contribution in [0.5, 0.6) is 11.6 Å². The molecule has 6 rings (SSSR count). The van der Waals surface area contributed by atoms with E-state index >= 15 is 0 Å². The lowest BCUT2D eigenvalue weighted by Gasteiger charge is -2.04. The van der Waals surface area contributed by atoms with Crippen molar-refractivity contribution in [1.29, 1.82) is 0 Å². The Morgan fingerprint density at radius 2 is 1.93 bits per heavy atom. The summed E-state index contributed by atoms with van der Waals surface area (Å²) in [7, 11) is 1.63. The molecule has 130 valence electrons. The van der Waals surface area contributed by atoms with Crippen LogP contribution in [0.15, 0.2) is 53.3 Å². The minimum absolute atomic E-state index is 0.138. The van der Waals surface area contributed by atoms with E-state index in [2.05, 4.69) is 4.98 Å². The van der Waals surface area contributed by atoms with Gasteiger partial charge in [-0.05, 0) is 30.3 Å². The van der Waals surface area contributed by atoms with Crippen LogP contribution >= 0.6 is 0 Å². The predicted octanol–water partition coefficient (Wildman–Crippen LogP) is 3.79. The van der Waals surface area contributed by atoms with Crippen LogP contribution in [0.4, 0.5) is 0 Å². The zero-order chi connectivity index (χ0) is 18.3. The lowest BCUT2D eigenvalue weighted by molar-refractivity contribution is 0.415. The molecule has 4 aromatic heterocycles. The number of hydrogen-bond donors (Lipinski definition) is 2. The molecule has 2 aromatic carbocycles. The molecule has 0 unspecified atom stereocenters. The zero-order valence-electron chi connectivity index (χ0n) is 14.3. The Bertz CT molecular complexity index is 1590. The fourth-order valence-corrected chi connectivity index (χ4v) is 4.17. The molecule has 0 saturated heterocycles. The maximum absolute atomic E-state index is 12.7. The van der Waals surface area contributed by atoms with E-state index in [1.807, 2.05) is 52.9 Å². The van der Waals surface area contributed by atoms with Crippen molar-refractivity contribution in [3.05, 3.63) is 58.9 Å². The first-order chi connectivity index (χ1) is 13.2. The molecule has 0 aliphatic heterocycles. The minimum Gasteiger partial charge on any atom is -0.497 e. The van der Waals surface area contributed by atoms with Crippen LogP contribution in [0.2, 0.25) is 0 Å². The Morgan fingerprint density at radius 1 is 1.07 bits per heavy atom. The number of aromatic amines is 1. The van der Waals surface area contributed by atoms with Crippen molar-refractivity contribution in [2.45, 2.75) is 0 Å². The highest BCUT2D eigenvalue weighted by atomic mass is 16.5. The molecule has 0 bridgehead atoms. The second-order valence-corrected chi connectivity index (χ2v) is 6.67. The summed E-state index contributed by atoms with van der Waals surface area (Å²) in [4.78, 5) is 20.0. The third-order valence-electron chi connectivity index (χ3n) is 5.29. The summed E-state index contributed by atoms with van der Waals surface area (Å²) in [5.41, 5.74) is 3.44. The zero-order valence-corrected chi connectivity index (χ0v) is 14.3. The average molecular weight is 355 g/mol. The molecule has 0 amide bonds. The van der Waals surface area contributed by atoms with E-state index in [0.29, 0.717) is 10.9 Å². The van der Waals surface area contributed by atoms with Crippen molar-refractivity contribution in [2.24, 2.45) is 0 Å². The van der Waals surface area contributed by atoms with E-state index in [-0.39, 0.29) is 11.4 Å². The lowest BCUT2D eigenvalue weighted by Crippen LogP contribution is -1.98. The van der Waals surface area contributed by atoms with Gasteiger partial charge in [-0.1, -0.05) is 18.2 Å². The predicted molar refractivity (Wildman–Crippen MR) is 105 cm³/mol. The number of H-pyrrole nitrogens is 1. The fraction of sp³-hybridized carbons (Fsp3) is 0.0476. The van der Waals surface area contributed by atoms with Crippen LogP contribution in [-0.2, 0) is 0 Å². The molecule has 6 nitrogen and oxygen atoms in total. The van der Waals surface area contributed by atoms with Gasteiger partial charge in [0.25, 0.3) is 5.56 Å².